The van der Waals surface area contributed by atoms with Crippen molar-refractivity contribution in [1.82, 2.24) is 9.55 Å². The van der Waals surface area contributed by atoms with Gasteiger partial charge in [-0.15, -0.1) is 11.3 Å². The van der Waals surface area contributed by atoms with Crippen LogP contribution in [0.4, 0.5) is 4.39 Å². The van der Waals surface area contributed by atoms with Crippen LogP contribution in [0.25, 0.3) is 27.6 Å². The van der Waals surface area contributed by atoms with Gasteiger partial charge >= 0.3 is 5.97 Å². The summed E-state index contributed by atoms with van der Waals surface area (Å²) < 4.78 is 15.1. The van der Waals surface area contributed by atoms with Crippen LogP contribution >= 0.6 is 11.3 Å². The van der Waals surface area contributed by atoms with E-state index in [0.717, 1.165) is 22.5 Å². The molecule has 8 heteroatoms. The number of allylic oxidation sites excluding steroid dienone is 5. The molecular formula is C29H34FN3O3S. The molecule has 0 aliphatic rings. The highest BCUT2D eigenvalue weighted by Gasteiger charge is 2.26. The number of fused-ring (bicyclic) bond motifs is 1. The van der Waals surface area contributed by atoms with Crippen LogP contribution in [0.1, 0.15) is 65.9 Å². The second-order valence-electron chi connectivity index (χ2n) is 8.50. The summed E-state index contributed by atoms with van der Waals surface area (Å²) in [5.74, 6) is -2.03. The van der Waals surface area contributed by atoms with Crippen LogP contribution in [-0.2, 0) is 13.0 Å². The molecule has 3 aromatic heterocycles. The minimum Gasteiger partial charge on any atom is -0.477 e. The van der Waals surface area contributed by atoms with Gasteiger partial charge in [-0.1, -0.05) is 59.1 Å². The van der Waals surface area contributed by atoms with Gasteiger partial charge in [-0.3, -0.25) is 4.79 Å². The predicted octanol–water partition coefficient (Wildman–Crippen LogP) is 7.42. The van der Waals surface area contributed by atoms with Crippen molar-refractivity contribution in [1.29, 1.82) is 0 Å². The van der Waals surface area contributed by atoms with E-state index in [4.69, 9.17) is 10.7 Å². The lowest BCUT2D eigenvalue weighted by atomic mass is 9.94. The third kappa shape index (κ3) is 6.71. The molecule has 0 aromatic carbocycles. The first-order valence-corrected chi connectivity index (χ1v) is 12.9. The number of carboxylic acid groups (broad SMARTS) is 1. The van der Waals surface area contributed by atoms with E-state index in [1.54, 1.807) is 18.2 Å². The highest BCUT2D eigenvalue weighted by atomic mass is 32.1. The lowest BCUT2D eigenvalue weighted by Gasteiger charge is -2.16. The van der Waals surface area contributed by atoms with Crippen LogP contribution in [0.15, 0.2) is 61.1 Å². The quantitative estimate of drug-likeness (QED) is 0.270. The standard InChI is InChI=1S/C27H28FN3O3S.C2H6/c1-6-17(9-8-16(5)28)13-31-14-18(7-2)22-24(20-10-11-21(35-20)27(33)34)23(25(29)32)19(12-15(3)4)30-26(22)31;1-2/h6-11,14-15H,2,5,12-13H2,1,3-4H3,(H2,29,32)(H,33,34);1-2H3/b9-8-,17-6+;. The van der Waals surface area contributed by atoms with Gasteiger partial charge in [-0.05, 0) is 43.0 Å². The van der Waals surface area contributed by atoms with Gasteiger partial charge in [-0.25, -0.2) is 14.2 Å². The first kappa shape index (κ1) is 29.5. The van der Waals surface area contributed by atoms with E-state index in [0.29, 0.717) is 40.1 Å². The molecule has 3 aromatic rings. The van der Waals surface area contributed by atoms with Gasteiger partial charge in [0.05, 0.1) is 11.3 Å². The van der Waals surface area contributed by atoms with Crippen molar-refractivity contribution in [2.45, 2.75) is 47.6 Å². The Labute approximate surface area is 221 Å². The molecule has 0 radical (unpaired) electrons. The number of aromatic nitrogens is 2. The van der Waals surface area contributed by atoms with E-state index in [2.05, 4.69) is 13.2 Å². The fourth-order valence-electron chi connectivity index (χ4n) is 3.94. The molecule has 0 atom stereocenters. The molecule has 3 N–H and O–H groups in total. The summed E-state index contributed by atoms with van der Waals surface area (Å²) in [5, 5.41) is 10.1. The Bertz CT molecular complexity index is 1390. The molecule has 6 nitrogen and oxygen atoms in total. The highest BCUT2D eigenvalue weighted by molar-refractivity contribution is 7.17. The zero-order valence-electron chi connectivity index (χ0n) is 22.0. The van der Waals surface area contributed by atoms with Gasteiger partial charge in [0.25, 0.3) is 5.91 Å². The number of pyridine rings is 1. The SMILES string of the molecule is C=Cc1cn(CC(/C=C\C(=C)F)=C/C)c2nc(CC(C)C)c(C(N)=O)c(-c3ccc(C(=O)O)s3)c12.CC. The number of carbonyl (C=O) groups excluding carboxylic acids is 1. The van der Waals surface area contributed by atoms with E-state index < -0.39 is 17.7 Å². The Morgan fingerprint density at radius 2 is 1.95 bits per heavy atom. The number of amides is 1. The topological polar surface area (TPSA) is 98.2 Å². The van der Waals surface area contributed by atoms with E-state index in [1.807, 2.05) is 51.5 Å². The molecule has 0 saturated heterocycles. The fourth-order valence-corrected chi connectivity index (χ4v) is 4.84. The zero-order chi connectivity index (χ0) is 27.9. The van der Waals surface area contributed by atoms with Crippen LogP contribution in [0.2, 0.25) is 0 Å². The van der Waals surface area contributed by atoms with Gasteiger partial charge in [0.15, 0.2) is 0 Å². The fraction of sp³-hybridized carbons (Fsp3) is 0.276. The predicted molar refractivity (Wildman–Crippen MR) is 152 cm³/mol. The lowest BCUT2D eigenvalue weighted by molar-refractivity contribution is 0.0702. The number of carbonyl (C=O) groups is 2. The molecule has 0 aliphatic carbocycles. The summed E-state index contributed by atoms with van der Waals surface area (Å²) in [5.41, 5.74) is 9.41. The van der Waals surface area contributed by atoms with E-state index in [1.165, 1.54) is 12.1 Å². The molecule has 0 spiro atoms. The van der Waals surface area contributed by atoms with Crippen molar-refractivity contribution in [2.75, 3.05) is 0 Å². The number of primary amides is 1. The largest absolute Gasteiger partial charge is 0.477 e. The zero-order valence-corrected chi connectivity index (χ0v) is 22.8. The van der Waals surface area contributed by atoms with Crippen LogP contribution in [0, 0.1) is 5.92 Å². The van der Waals surface area contributed by atoms with E-state index in [-0.39, 0.29) is 16.4 Å². The Morgan fingerprint density at radius 3 is 2.43 bits per heavy atom. The summed E-state index contributed by atoms with van der Waals surface area (Å²) in [6.07, 6.45) is 8.84. The summed E-state index contributed by atoms with van der Waals surface area (Å²) >= 11 is 1.07. The third-order valence-corrected chi connectivity index (χ3v) is 6.53. The number of hydrogen-bond acceptors (Lipinski definition) is 4. The van der Waals surface area contributed by atoms with Crippen molar-refractivity contribution in [3.8, 4) is 10.4 Å². The normalized spacial score (nSPS) is 11.6. The third-order valence-electron chi connectivity index (χ3n) is 5.44. The first-order valence-electron chi connectivity index (χ1n) is 12.1. The number of halogens is 1. The van der Waals surface area contributed by atoms with Gasteiger partial charge in [-0.2, -0.15) is 0 Å². The number of thiophene rings is 1. The number of nitrogens with zero attached hydrogens (tertiary/aromatic N) is 2. The average Bonchev–Trinajstić information content (AvgIpc) is 3.47. The van der Waals surface area contributed by atoms with Crippen molar-refractivity contribution < 1.29 is 19.1 Å². The smallest absolute Gasteiger partial charge is 0.345 e. The van der Waals surface area contributed by atoms with Crippen LogP contribution in [-0.4, -0.2) is 26.5 Å². The van der Waals surface area contributed by atoms with E-state index >= 15 is 0 Å². The molecule has 0 saturated carbocycles. The Balaban J connectivity index is 0.00000235. The molecule has 1 amide bonds. The molecule has 0 fully saturated rings. The molecule has 196 valence electrons. The summed E-state index contributed by atoms with van der Waals surface area (Å²) in [6.45, 7) is 17.5. The van der Waals surface area contributed by atoms with Crippen LogP contribution < -0.4 is 5.73 Å². The second-order valence-corrected chi connectivity index (χ2v) is 9.58. The van der Waals surface area contributed by atoms with Crippen molar-refractivity contribution in [3.63, 3.8) is 0 Å². The molecule has 3 heterocycles. The molecule has 37 heavy (non-hydrogen) atoms. The number of carboxylic acids is 1. The monoisotopic (exact) mass is 523 g/mol. The Hall–Kier alpha value is -3.78. The minimum absolute atomic E-state index is 0.151. The Morgan fingerprint density at radius 1 is 1.27 bits per heavy atom. The first-order chi connectivity index (χ1) is 17.6. The number of hydrogen-bond donors (Lipinski definition) is 2. The van der Waals surface area contributed by atoms with Gasteiger partial charge < -0.3 is 15.4 Å². The van der Waals surface area contributed by atoms with Gasteiger partial charge in [0, 0.05) is 34.1 Å². The molecule has 0 aliphatic heterocycles. The number of rotatable bonds is 10. The maximum Gasteiger partial charge on any atom is 0.345 e. The van der Waals surface area contributed by atoms with Crippen molar-refractivity contribution in [3.05, 3.63) is 82.8 Å². The number of aromatic carboxylic acids is 1. The van der Waals surface area contributed by atoms with E-state index in [9.17, 15) is 19.1 Å². The Kier molecular flexibility index (Phi) is 10.3. The van der Waals surface area contributed by atoms with Crippen molar-refractivity contribution >= 4 is 40.3 Å². The molecular weight excluding hydrogens is 489 g/mol. The maximum absolute atomic E-state index is 13.2. The molecule has 3 rings (SSSR count). The van der Waals surface area contributed by atoms with Gasteiger partial charge in [0.1, 0.15) is 16.4 Å². The number of nitrogens with two attached hydrogens (primary N) is 1. The summed E-state index contributed by atoms with van der Waals surface area (Å²) in [6, 6.07) is 3.20. The summed E-state index contributed by atoms with van der Waals surface area (Å²) in [7, 11) is 0. The second kappa shape index (κ2) is 13.0. The van der Waals surface area contributed by atoms with Crippen LogP contribution in [0.3, 0.4) is 0 Å². The van der Waals surface area contributed by atoms with Crippen LogP contribution in [0.5, 0.6) is 0 Å². The maximum atomic E-state index is 13.2. The lowest BCUT2D eigenvalue weighted by Crippen LogP contribution is -2.18. The molecule has 0 unspecified atom stereocenters. The highest BCUT2D eigenvalue weighted by Crippen LogP contribution is 2.40. The van der Waals surface area contributed by atoms with Crippen molar-refractivity contribution in [2.24, 2.45) is 11.7 Å². The molecule has 0 bridgehead atoms. The van der Waals surface area contributed by atoms with Gasteiger partial charge in [0.2, 0.25) is 0 Å². The average molecular weight is 524 g/mol. The summed E-state index contributed by atoms with van der Waals surface area (Å²) in [4.78, 5) is 29.9. The minimum atomic E-state index is -1.05.